The van der Waals surface area contributed by atoms with E-state index in [0.717, 1.165) is 37.9 Å². The van der Waals surface area contributed by atoms with E-state index in [1.165, 1.54) is 43.9 Å². The van der Waals surface area contributed by atoms with Crippen molar-refractivity contribution in [3.8, 4) is 0 Å². The monoisotopic (exact) mass is 720 g/mol. The average Bonchev–Trinajstić information content (AvgIpc) is 3.40. The Balaban J connectivity index is 0.00000123. The van der Waals surface area contributed by atoms with Gasteiger partial charge in [-0.05, 0) is 6.42 Å². The normalized spacial score (nSPS) is 11.2. The maximum Gasteiger partial charge on any atom is 0.673 e. The molecule has 39 heavy (non-hydrogen) atoms. The van der Waals surface area contributed by atoms with Crippen LogP contribution in [0.4, 0.5) is 34.5 Å². The lowest BCUT2D eigenvalue weighted by Crippen LogP contribution is -2.02. The molecular formula is C17H22B2F8O4S8. The summed E-state index contributed by atoms with van der Waals surface area (Å²) in [6.45, 7) is 4.22. The van der Waals surface area contributed by atoms with Crippen LogP contribution in [0.2, 0.25) is 0 Å². The van der Waals surface area contributed by atoms with Gasteiger partial charge in [-0.3, -0.25) is 0 Å². The van der Waals surface area contributed by atoms with Crippen LogP contribution in [0.3, 0.4) is 0 Å². The summed E-state index contributed by atoms with van der Waals surface area (Å²) < 4.78 is 92.3. The number of carbonyl (C=O) groups excluding carboxylic acids is 2. The van der Waals surface area contributed by atoms with Gasteiger partial charge in [-0.1, -0.05) is 60.9 Å². The molecule has 224 valence electrons. The van der Waals surface area contributed by atoms with Gasteiger partial charge in [0.1, 0.15) is 45.3 Å². The third-order valence-corrected chi connectivity index (χ3v) is 13.8. The van der Waals surface area contributed by atoms with Crippen molar-refractivity contribution < 1.29 is 53.6 Å². The number of carbonyl (C=O) groups is 2. The van der Waals surface area contributed by atoms with Crippen LogP contribution < -0.4 is 0 Å². The highest BCUT2D eigenvalue weighted by Gasteiger charge is 2.31. The second-order valence-corrected chi connectivity index (χ2v) is 16.9. The van der Waals surface area contributed by atoms with Crippen LogP contribution >= 0.6 is 92.4 Å². The molecule has 4 nitrogen and oxygen atoms in total. The Labute approximate surface area is 253 Å². The van der Waals surface area contributed by atoms with Crippen molar-refractivity contribution in [3.63, 3.8) is 0 Å². The molecule has 0 N–H and O–H groups in total. The van der Waals surface area contributed by atoms with E-state index in [4.69, 9.17) is 9.47 Å². The summed E-state index contributed by atoms with van der Waals surface area (Å²) in [4.78, 5) is 25.5. The molecule has 0 atom stereocenters. The molecule has 0 aliphatic heterocycles. The zero-order valence-electron chi connectivity index (χ0n) is 20.6. The van der Waals surface area contributed by atoms with Crippen LogP contribution in [0.1, 0.15) is 39.6 Å². The van der Waals surface area contributed by atoms with Gasteiger partial charge < -0.3 is 44.0 Å². The second kappa shape index (κ2) is 20.0. The first-order valence-corrected chi connectivity index (χ1v) is 17.6. The Morgan fingerprint density at radius 1 is 0.692 bits per heavy atom. The van der Waals surface area contributed by atoms with Crippen molar-refractivity contribution in [2.75, 3.05) is 37.2 Å². The maximum absolute atomic E-state index is 12.0. The van der Waals surface area contributed by atoms with Crippen molar-refractivity contribution in [1.29, 1.82) is 0 Å². The minimum absolute atomic E-state index is 0.255. The van der Waals surface area contributed by atoms with Crippen LogP contribution in [-0.2, 0) is 9.47 Å². The summed E-state index contributed by atoms with van der Waals surface area (Å²) in [6.07, 6.45) is 0.980. The fourth-order valence-electron chi connectivity index (χ4n) is 1.90. The highest BCUT2D eigenvalue weighted by molar-refractivity contribution is 8.06. The summed E-state index contributed by atoms with van der Waals surface area (Å²) >= 11 is 13.3. The smallest absolute Gasteiger partial charge is 0.463 e. The molecule has 0 fully saturated rings. The Hall–Kier alpha value is 0.00987. The summed E-state index contributed by atoms with van der Waals surface area (Å²) in [5.41, 5.74) is 0. The Morgan fingerprint density at radius 3 is 1.26 bits per heavy atom. The van der Waals surface area contributed by atoms with Gasteiger partial charge in [-0.2, -0.15) is 0 Å². The van der Waals surface area contributed by atoms with Gasteiger partial charge in [0.05, 0.1) is 14.2 Å². The van der Waals surface area contributed by atoms with Crippen molar-refractivity contribution in [2.45, 2.75) is 35.7 Å². The van der Waals surface area contributed by atoms with Crippen LogP contribution in [0, 0.1) is 0 Å². The number of ether oxygens (including phenoxy) is 2. The van der Waals surface area contributed by atoms with E-state index in [-0.39, 0.29) is 11.9 Å². The van der Waals surface area contributed by atoms with E-state index in [0.29, 0.717) is 9.75 Å². The van der Waals surface area contributed by atoms with Gasteiger partial charge in [0.2, 0.25) is 8.42 Å². The molecule has 0 saturated carbocycles. The minimum atomic E-state index is -6.00. The molecule has 2 aromatic rings. The number of hydrogen-bond donors (Lipinski definition) is 0. The van der Waals surface area contributed by atoms with Gasteiger partial charge in [0, 0.05) is 23.0 Å². The van der Waals surface area contributed by atoms with E-state index < -0.39 is 14.5 Å². The number of rotatable bonds is 12. The Kier molecular flexibility index (Phi) is 20.0. The largest absolute Gasteiger partial charge is 0.673 e. The van der Waals surface area contributed by atoms with Crippen molar-refractivity contribution in [3.05, 3.63) is 9.75 Å². The van der Waals surface area contributed by atoms with E-state index >= 15 is 0 Å². The van der Waals surface area contributed by atoms with Gasteiger partial charge in [0.15, 0.2) is 0 Å². The molecule has 0 radical (unpaired) electrons. The number of hydrogen-bond acceptors (Lipinski definition) is 10. The van der Waals surface area contributed by atoms with Crippen molar-refractivity contribution in [2.24, 2.45) is 0 Å². The Morgan fingerprint density at radius 2 is 1.00 bits per heavy atom. The zero-order chi connectivity index (χ0) is 30.2. The molecule has 2 heterocycles. The van der Waals surface area contributed by atoms with Gasteiger partial charge in [-0.15, -0.1) is 0 Å². The first-order valence-electron chi connectivity index (χ1n) is 10.4. The van der Waals surface area contributed by atoms with Crippen molar-refractivity contribution in [1.82, 2.24) is 0 Å². The Bertz CT molecular complexity index is 930. The molecule has 0 aliphatic rings. The first-order chi connectivity index (χ1) is 18.0. The molecule has 0 aliphatic carbocycles. The third kappa shape index (κ3) is 19.7. The number of esters is 2. The summed E-state index contributed by atoms with van der Waals surface area (Å²) in [7, 11) is -9.15. The molecule has 0 bridgehead atoms. The lowest BCUT2D eigenvalue weighted by molar-refractivity contribution is 0.0594. The predicted molar refractivity (Wildman–Crippen MR) is 155 cm³/mol. The summed E-state index contributed by atoms with van der Waals surface area (Å²) in [5, 5.41) is 0. The molecule has 2 aromatic heterocycles. The summed E-state index contributed by atoms with van der Waals surface area (Å²) in [6, 6.07) is 0. The minimum Gasteiger partial charge on any atom is -0.463 e. The number of methoxy groups -OCH3 is 2. The topological polar surface area (TPSA) is 52.6 Å². The predicted octanol–water partition coefficient (Wildman–Crippen LogP) is 10.2. The highest BCUT2D eigenvalue weighted by atomic mass is 32.2. The lowest BCUT2D eigenvalue weighted by Gasteiger charge is -1.98. The number of halogens is 8. The second-order valence-electron chi connectivity index (χ2n) is 6.03. The van der Waals surface area contributed by atoms with E-state index in [9.17, 15) is 44.1 Å². The maximum atomic E-state index is 12.0. The van der Waals surface area contributed by atoms with Crippen molar-refractivity contribution >= 4 is 119 Å². The molecule has 0 saturated heterocycles. The molecule has 22 heteroatoms. The highest BCUT2D eigenvalue weighted by Crippen LogP contribution is 2.44. The number of thioether (sulfide) groups is 4. The van der Waals surface area contributed by atoms with Crippen LogP contribution in [-0.4, -0.2) is 63.7 Å². The van der Waals surface area contributed by atoms with Crippen LogP contribution in [0.5, 0.6) is 0 Å². The fourth-order valence-corrected chi connectivity index (χ4v) is 13.3. The molecule has 2 rings (SSSR count). The van der Waals surface area contributed by atoms with Gasteiger partial charge >= 0.3 is 33.5 Å². The van der Waals surface area contributed by atoms with Crippen LogP contribution in [0.25, 0.3) is 0 Å². The van der Waals surface area contributed by atoms with Gasteiger partial charge in [0.25, 0.3) is 9.75 Å². The first kappa shape index (κ1) is 39.0. The lowest BCUT2D eigenvalue weighted by atomic mass is 10.3. The standard InChI is InChI=1S/C17H22O4S8.2BF4/c1-5-22-16-26-10(12(18)20-3)14(28-16)24-8-7-9-25-15-11(13(19)21-4)27-17(29-15)23-6-2;2*2-1(3,4)5/h5-9H2,1-4H3;;/q+2;2*-1. The average molecular weight is 721 g/mol. The molecular weight excluding hydrogens is 698 g/mol. The molecule has 0 unspecified atom stereocenters. The SMILES string of the molecule is CCSc1sc(C(=O)OC)c(SCCCSc2[s+]c(SCC)sc2C(=O)OC)[s+]1.F[B-](F)(F)F.F[B-](F)(F)F. The molecule has 0 amide bonds. The van der Waals surface area contributed by atoms with E-state index in [1.54, 1.807) is 69.7 Å². The third-order valence-electron chi connectivity index (χ3n) is 3.11. The molecule has 0 spiro atoms. The van der Waals surface area contributed by atoms with Crippen LogP contribution in [0.15, 0.2) is 15.5 Å². The summed E-state index contributed by atoms with van der Waals surface area (Å²) in [5.74, 6) is 3.30. The van der Waals surface area contributed by atoms with E-state index in [1.807, 2.05) is 0 Å². The van der Waals surface area contributed by atoms with E-state index in [2.05, 4.69) is 13.8 Å². The zero-order valence-corrected chi connectivity index (χ0v) is 27.1. The van der Waals surface area contributed by atoms with Gasteiger partial charge in [-0.25, -0.2) is 9.59 Å². The fraction of sp³-hybridized carbons (Fsp3) is 0.529. The quantitative estimate of drug-likeness (QED) is 0.0537. The molecule has 0 aromatic carbocycles.